The van der Waals surface area contributed by atoms with Crippen LogP contribution in [0.3, 0.4) is 0 Å². The standard InChI is InChI=1S/C63H102N4O13/c1-8-75-35-36-77-38-37-76-34-30-64-59(70)43-66-32-28-51(29-33-66)65-63(74)80-53-26-22-50(23-27-53)21-25-52-24-20-45(3)40-49(7)57(69)42-56(68)48(6)39-44(2)15-10-9-11-16-46(4)47(5)41-54-17-14-19-58(78-54)60(71)61(72)67-31-13-12-18-55(67)62(73)79-52/h9-11,15-16,40,44-45,47-48,50-55,57-58,69H,8,12-14,17-39,41-43H2,1-7H3,(H,64,70)(H,65,74)/b11-9+,15-10+,46-16+,49-40+/t44-,45+,47+,48-,50?,52+,53?,54?,55+,57+,58?/m1/s1. The summed E-state index contributed by atoms with van der Waals surface area (Å²) in [6.07, 6.45) is 21.9. The van der Waals surface area contributed by atoms with E-state index in [0.717, 1.165) is 76.2 Å². The molecule has 3 amide bonds. The summed E-state index contributed by atoms with van der Waals surface area (Å²) >= 11 is 0. The van der Waals surface area contributed by atoms with Crippen LogP contribution in [0.1, 0.15) is 170 Å². The summed E-state index contributed by atoms with van der Waals surface area (Å²) in [7, 11) is 0. The third kappa shape index (κ3) is 24.3. The Morgan fingerprint density at radius 3 is 2.19 bits per heavy atom. The number of amides is 3. The predicted molar refractivity (Wildman–Crippen MR) is 308 cm³/mol. The van der Waals surface area contributed by atoms with E-state index in [0.29, 0.717) is 123 Å². The van der Waals surface area contributed by atoms with E-state index in [-0.39, 0.29) is 60.0 Å². The number of nitrogens with zero attached hydrogens (tertiary/aromatic N) is 2. The average molecular weight is 1120 g/mol. The largest absolute Gasteiger partial charge is 0.461 e. The first-order valence-corrected chi connectivity index (χ1v) is 30.8. The van der Waals surface area contributed by atoms with E-state index >= 15 is 0 Å². The SMILES string of the molecule is CCOCCOCCOCCNC(=O)CN1CCC(NC(=O)OC2CCC(CC[C@@H]3CC[C@H](C)/C=C(\C)[C@@H](O)CC(=O)[C@H](C)C[C@H](C)/C=C/C=C/C=C(\C)[C@@H](C)CC4CCCC(O4)C(=O)C(=O)N4CCCC[C@H]4C(=O)O3)CC2)CC1. The number of cyclic esters (lactones) is 1. The maximum atomic E-state index is 14.3. The summed E-state index contributed by atoms with van der Waals surface area (Å²) in [4.78, 5) is 84.9. The van der Waals surface area contributed by atoms with Crippen molar-refractivity contribution in [3.8, 4) is 0 Å². The molecule has 0 spiro atoms. The Bertz CT molecular complexity index is 2040. The lowest BCUT2D eigenvalue weighted by Gasteiger charge is -2.36. The fraction of sp³-hybridized carbons (Fsp3) is 0.778. The van der Waals surface area contributed by atoms with Gasteiger partial charge < -0.3 is 49.1 Å². The summed E-state index contributed by atoms with van der Waals surface area (Å²) in [5, 5.41) is 17.2. The molecule has 17 heteroatoms. The molecular formula is C63H102N4O13. The number of aliphatic hydroxyl groups excluding tert-OH is 1. The van der Waals surface area contributed by atoms with E-state index in [4.69, 9.17) is 28.4 Å². The van der Waals surface area contributed by atoms with Crippen molar-refractivity contribution >= 4 is 35.4 Å². The molecule has 2 unspecified atom stereocenters. The lowest BCUT2D eigenvalue weighted by molar-refractivity contribution is -0.167. The molecule has 0 aromatic carbocycles. The maximum Gasteiger partial charge on any atom is 0.407 e. The van der Waals surface area contributed by atoms with Gasteiger partial charge in [-0.05, 0) is 166 Å². The van der Waals surface area contributed by atoms with Gasteiger partial charge in [0.25, 0.3) is 5.91 Å². The van der Waals surface area contributed by atoms with Crippen molar-refractivity contribution in [2.24, 2.45) is 29.6 Å². The number of rotatable bonds is 17. The number of nitrogens with one attached hydrogen (secondary N) is 2. The van der Waals surface area contributed by atoms with E-state index in [1.54, 1.807) is 0 Å². The zero-order valence-corrected chi connectivity index (χ0v) is 49.8. The van der Waals surface area contributed by atoms with Gasteiger partial charge in [0, 0.05) is 51.2 Å². The first-order valence-electron chi connectivity index (χ1n) is 30.8. The van der Waals surface area contributed by atoms with Gasteiger partial charge in [0.1, 0.15) is 30.1 Å². The first kappa shape index (κ1) is 66.5. The number of ether oxygens (including phenoxy) is 6. The number of hydrogen-bond acceptors (Lipinski definition) is 14. The molecule has 5 rings (SSSR count). The highest BCUT2D eigenvalue weighted by Gasteiger charge is 2.41. The zero-order valence-electron chi connectivity index (χ0n) is 49.8. The van der Waals surface area contributed by atoms with Gasteiger partial charge >= 0.3 is 12.1 Å². The fourth-order valence-electron chi connectivity index (χ4n) is 11.8. The summed E-state index contributed by atoms with van der Waals surface area (Å²) in [5.41, 5.74) is 1.92. The van der Waals surface area contributed by atoms with Crippen LogP contribution in [0.2, 0.25) is 0 Å². The molecule has 5 aliphatic rings. The van der Waals surface area contributed by atoms with Gasteiger partial charge in [0.05, 0.1) is 51.8 Å². The molecule has 9 atom stereocenters. The molecule has 3 N–H and O–H groups in total. The van der Waals surface area contributed by atoms with E-state index in [1.807, 2.05) is 45.1 Å². The van der Waals surface area contributed by atoms with Gasteiger partial charge in [-0.1, -0.05) is 69.7 Å². The fourth-order valence-corrected chi connectivity index (χ4v) is 11.8. The number of carbonyl (C=O) groups excluding carboxylic acids is 6. The summed E-state index contributed by atoms with van der Waals surface area (Å²) < 4.78 is 34.9. The number of carbonyl (C=O) groups is 6. The van der Waals surface area contributed by atoms with Crippen LogP contribution in [0.5, 0.6) is 0 Å². The molecule has 3 saturated heterocycles. The Kier molecular flexibility index (Phi) is 30.2. The van der Waals surface area contributed by atoms with Crippen LogP contribution < -0.4 is 10.6 Å². The molecule has 17 nitrogen and oxygen atoms in total. The summed E-state index contributed by atoms with van der Waals surface area (Å²) in [5.74, 6) is -1.26. The Labute approximate surface area is 479 Å². The third-order valence-corrected chi connectivity index (χ3v) is 17.0. The lowest BCUT2D eigenvalue weighted by atomic mass is 9.83. The van der Waals surface area contributed by atoms with E-state index in [1.165, 1.54) is 10.5 Å². The number of piperidine rings is 2. The number of esters is 1. The molecule has 4 fully saturated rings. The molecule has 452 valence electrons. The van der Waals surface area contributed by atoms with Crippen LogP contribution >= 0.6 is 0 Å². The second-order valence-corrected chi connectivity index (χ2v) is 23.8. The minimum absolute atomic E-state index is 0.0148. The summed E-state index contributed by atoms with van der Waals surface area (Å²) in [6, 6.07) is -0.896. The number of hydrogen-bond donors (Lipinski definition) is 3. The highest BCUT2D eigenvalue weighted by Crippen LogP contribution is 2.33. The normalized spacial score (nSPS) is 32.3. The van der Waals surface area contributed by atoms with E-state index in [2.05, 4.69) is 55.4 Å². The van der Waals surface area contributed by atoms with Crippen LogP contribution in [0.25, 0.3) is 0 Å². The van der Waals surface area contributed by atoms with Crippen LogP contribution in [-0.4, -0.2) is 165 Å². The minimum Gasteiger partial charge on any atom is -0.461 e. The van der Waals surface area contributed by atoms with Crippen LogP contribution in [0, 0.1) is 29.6 Å². The van der Waals surface area contributed by atoms with Crippen molar-refractivity contribution in [2.45, 2.75) is 213 Å². The Morgan fingerprint density at radius 1 is 0.725 bits per heavy atom. The monoisotopic (exact) mass is 1120 g/mol. The minimum atomic E-state index is -0.897. The molecule has 0 aromatic rings. The van der Waals surface area contributed by atoms with Gasteiger partial charge in [-0.2, -0.15) is 0 Å². The van der Waals surface area contributed by atoms with Crippen molar-refractivity contribution in [3.63, 3.8) is 0 Å². The van der Waals surface area contributed by atoms with Gasteiger partial charge in [0.2, 0.25) is 11.7 Å². The number of alkyl carbamates (subject to hydrolysis) is 1. The lowest BCUT2D eigenvalue weighted by Crippen LogP contribution is -2.54. The first-order chi connectivity index (χ1) is 38.5. The molecule has 0 aromatic heterocycles. The van der Waals surface area contributed by atoms with Crippen molar-refractivity contribution in [1.29, 1.82) is 0 Å². The number of fused-ring (bicyclic) bond motifs is 3. The van der Waals surface area contributed by atoms with Gasteiger partial charge in [-0.3, -0.25) is 24.1 Å². The number of ketones is 2. The molecule has 80 heavy (non-hydrogen) atoms. The predicted octanol–water partition coefficient (Wildman–Crippen LogP) is 8.95. The van der Waals surface area contributed by atoms with Gasteiger partial charge in [0.15, 0.2) is 0 Å². The molecule has 2 bridgehead atoms. The highest BCUT2D eigenvalue weighted by atomic mass is 16.6. The molecule has 0 radical (unpaired) electrons. The average Bonchev–Trinajstić information content (AvgIpc) is 3.45. The van der Waals surface area contributed by atoms with Crippen molar-refractivity contribution in [1.82, 2.24) is 20.4 Å². The van der Waals surface area contributed by atoms with Crippen LogP contribution in [-0.2, 0) is 52.4 Å². The molecule has 4 aliphatic heterocycles. The molecular weight excluding hydrogens is 1020 g/mol. The van der Waals surface area contributed by atoms with Crippen molar-refractivity contribution in [3.05, 3.63) is 47.6 Å². The zero-order chi connectivity index (χ0) is 57.8. The number of allylic oxidation sites excluding steroid dienone is 7. The maximum absolute atomic E-state index is 14.3. The third-order valence-electron chi connectivity index (χ3n) is 17.0. The quantitative estimate of drug-likeness (QED) is 0.0538. The highest BCUT2D eigenvalue weighted by molar-refractivity contribution is 6.38. The Morgan fingerprint density at radius 2 is 1.45 bits per heavy atom. The molecule has 1 aliphatic carbocycles. The number of likely N-dealkylation sites (tertiary alicyclic amines) is 1. The van der Waals surface area contributed by atoms with Crippen LogP contribution in [0.4, 0.5) is 4.79 Å². The Hall–Kier alpha value is -4.26. The topological polar surface area (TPSA) is 209 Å². The van der Waals surface area contributed by atoms with E-state index in [9.17, 15) is 33.9 Å². The second-order valence-electron chi connectivity index (χ2n) is 23.8. The molecule has 1 saturated carbocycles. The smallest absolute Gasteiger partial charge is 0.407 e. The van der Waals surface area contributed by atoms with E-state index < -0.39 is 48.1 Å². The number of aliphatic hydroxyl groups is 1. The Balaban J connectivity index is 1.13. The van der Waals surface area contributed by atoms with Gasteiger partial charge in [-0.25, -0.2) is 9.59 Å². The number of Topliss-reactive ketones (excluding diaryl/α,β-unsaturated/α-hetero) is 2. The summed E-state index contributed by atoms with van der Waals surface area (Å²) in [6.45, 7) is 19.7. The van der Waals surface area contributed by atoms with Gasteiger partial charge in [-0.15, -0.1) is 0 Å². The van der Waals surface area contributed by atoms with Crippen molar-refractivity contribution in [2.75, 3.05) is 72.4 Å². The second kappa shape index (κ2) is 36.3. The van der Waals surface area contributed by atoms with Crippen molar-refractivity contribution < 1.29 is 62.3 Å². The molecule has 4 heterocycles. The van der Waals surface area contributed by atoms with Crippen LogP contribution in [0.15, 0.2) is 47.6 Å².